The molecule has 1 atom stereocenters. The molecule has 0 radical (unpaired) electrons. The van der Waals surface area contributed by atoms with Gasteiger partial charge >= 0.3 is 11.9 Å². The molecule has 0 saturated carbocycles. The number of rotatable bonds is 7. The molecule has 2 saturated heterocycles. The number of para-hydroxylation sites is 1. The largest absolute Gasteiger partial charge is 0.476 e. The Kier molecular flexibility index (Phi) is 8.83. The van der Waals surface area contributed by atoms with Crippen LogP contribution < -0.4 is 9.80 Å². The maximum atomic E-state index is 15.0. The van der Waals surface area contributed by atoms with Crippen LogP contribution in [0.4, 0.5) is 20.2 Å². The minimum atomic E-state index is -1.14. The van der Waals surface area contributed by atoms with Crippen LogP contribution in [0.3, 0.4) is 0 Å². The van der Waals surface area contributed by atoms with E-state index in [1.807, 2.05) is 64.4 Å². The lowest BCUT2D eigenvalue weighted by Gasteiger charge is -2.24. The lowest BCUT2D eigenvalue weighted by Crippen LogP contribution is -2.26. The molecule has 4 aromatic carbocycles. The molecule has 8 rings (SSSR count). The first-order valence-electron chi connectivity index (χ1n) is 17.3. The van der Waals surface area contributed by atoms with Gasteiger partial charge < -0.3 is 29.1 Å². The van der Waals surface area contributed by atoms with Crippen molar-refractivity contribution in [3.63, 3.8) is 0 Å². The van der Waals surface area contributed by atoms with Crippen molar-refractivity contribution < 1.29 is 28.6 Å². The summed E-state index contributed by atoms with van der Waals surface area (Å²) in [4.78, 5) is 29.8. The summed E-state index contributed by atoms with van der Waals surface area (Å²) in [7, 11) is 0. The van der Waals surface area contributed by atoms with Crippen LogP contribution in [0.15, 0.2) is 78.9 Å². The van der Waals surface area contributed by atoms with Crippen LogP contribution in [0.5, 0.6) is 0 Å². The van der Waals surface area contributed by atoms with E-state index in [0.29, 0.717) is 77.2 Å². The van der Waals surface area contributed by atoms with E-state index in [2.05, 4.69) is 0 Å². The fourth-order valence-corrected chi connectivity index (χ4v) is 8.70. The van der Waals surface area contributed by atoms with Crippen LogP contribution >= 0.6 is 23.2 Å². The summed E-state index contributed by atoms with van der Waals surface area (Å²) in [6.45, 7) is 2.36. The monoisotopic (exact) mass is 742 g/mol. The summed E-state index contributed by atoms with van der Waals surface area (Å²) in [5.41, 5.74) is 4.23. The number of fused-ring (bicyclic) bond motifs is 2. The number of aromatic nitrogens is 2. The maximum absolute atomic E-state index is 15.0. The Morgan fingerprint density at radius 3 is 1.60 bits per heavy atom. The quantitative estimate of drug-likeness (QED) is 0.169. The minimum Gasteiger partial charge on any atom is -0.476 e. The van der Waals surface area contributed by atoms with Gasteiger partial charge in [0, 0.05) is 48.3 Å². The molecule has 8 nitrogen and oxygen atoms in total. The number of carboxylic acid groups (broad SMARTS) is 2. The van der Waals surface area contributed by atoms with Crippen LogP contribution in [0.25, 0.3) is 33.2 Å². The van der Waals surface area contributed by atoms with Crippen molar-refractivity contribution in [3.8, 4) is 11.4 Å². The average Bonchev–Trinajstić information content (AvgIpc) is 3.83. The Labute approximate surface area is 308 Å². The van der Waals surface area contributed by atoms with Crippen molar-refractivity contribution in [2.45, 2.75) is 38.0 Å². The standard InChI is InChI=1S/C40H34Cl2F2N4O4/c41-33-27(43)15-17-30-31(33)35(45-19-4-5-20-45)37(39(49)50)48(30)26-12-10-24(11-13-26)23-7-6-21-46(22-18-23)36-32-29(16-14-28(44)34(32)42)47(38(36)40(51)52)25-8-2-1-3-9-25/h1-3,8-17,23H,4-7,18-22H2,(H,49,50)(H,51,52). The van der Waals surface area contributed by atoms with E-state index in [1.165, 1.54) is 12.1 Å². The highest BCUT2D eigenvalue weighted by atomic mass is 35.5. The zero-order valence-electron chi connectivity index (χ0n) is 28.0. The first-order chi connectivity index (χ1) is 25.2. The summed E-state index contributed by atoms with van der Waals surface area (Å²) < 4.78 is 33.0. The van der Waals surface area contributed by atoms with E-state index in [1.54, 1.807) is 21.3 Å². The lowest BCUT2D eigenvalue weighted by molar-refractivity contribution is 0.0678. The van der Waals surface area contributed by atoms with Gasteiger partial charge in [-0.1, -0.05) is 53.5 Å². The Morgan fingerprint density at radius 1 is 0.596 bits per heavy atom. The van der Waals surface area contributed by atoms with E-state index >= 15 is 0 Å². The third-order valence-electron chi connectivity index (χ3n) is 10.5. The molecule has 266 valence electrons. The molecule has 0 bridgehead atoms. The number of carbonyl (C=O) groups is 2. The number of aromatic carboxylic acids is 2. The third kappa shape index (κ3) is 5.56. The number of halogens is 4. The van der Waals surface area contributed by atoms with Gasteiger partial charge in [0.05, 0.1) is 32.5 Å². The second-order valence-electron chi connectivity index (χ2n) is 13.4. The molecule has 2 aromatic heterocycles. The normalized spacial score (nSPS) is 16.6. The second-order valence-corrected chi connectivity index (χ2v) is 14.2. The Balaban J connectivity index is 1.15. The fraction of sp³-hybridized carbons (Fsp3) is 0.250. The molecule has 2 aliphatic heterocycles. The fourth-order valence-electron chi connectivity index (χ4n) is 8.21. The summed E-state index contributed by atoms with van der Waals surface area (Å²) in [6.07, 6.45) is 4.05. The van der Waals surface area contributed by atoms with Gasteiger partial charge in [-0.05, 0) is 92.1 Å². The summed E-state index contributed by atoms with van der Waals surface area (Å²) in [6, 6.07) is 22.5. The molecule has 0 aliphatic carbocycles. The number of nitrogens with zero attached hydrogens (tertiary/aromatic N) is 4. The molecule has 0 spiro atoms. The molecule has 2 aliphatic rings. The van der Waals surface area contributed by atoms with Crippen LogP contribution in [-0.4, -0.2) is 57.5 Å². The molecule has 2 fully saturated rings. The van der Waals surface area contributed by atoms with E-state index in [9.17, 15) is 28.6 Å². The van der Waals surface area contributed by atoms with Crippen molar-refractivity contribution in [1.82, 2.24) is 9.13 Å². The zero-order valence-corrected chi connectivity index (χ0v) is 29.5. The first-order valence-corrected chi connectivity index (χ1v) is 18.1. The van der Waals surface area contributed by atoms with Crippen molar-refractivity contribution >= 4 is 68.3 Å². The Hall–Kier alpha value is -5.06. The zero-order chi connectivity index (χ0) is 36.3. The second kappa shape index (κ2) is 13.5. The highest BCUT2D eigenvalue weighted by molar-refractivity contribution is 6.38. The van der Waals surface area contributed by atoms with E-state index in [0.717, 1.165) is 31.2 Å². The smallest absolute Gasteiger partial charge is 0.355 e. The van der Waals surface area contributed by atoms with Crippen LogP contribution in [0.2, 0.25) is 10.0 Å². The van der Waals surface area contributed by atoms with Gasteiger partial charge in [0.15, 0.2) is 11.4 Å². The molecular formula is C40H34Cl2F2N4O4. The number of benzene rings is 4. The Morgan fingerprint density at radius 2 is 1.08 bits per heavy atom. The van der Waals surface area contributed by atoms with Crippen molar-refractivity contribution in [1.29, 1.82) is 0 Å². The van der Waals surface area contributed by atoms with Gasteiger partial charge in [-0.25, -0.2) is 18.4 Å². The van der Waals surface area contributed by atoms with Crippen LogP contribution in [0, 0.1) is 11.6 Å². The highest BCUT2D eigenvalue weighted by Gasteiger charge is 2.33. The molecular weight excluding hydrogens is 709 g/mol. The number of anilines is 2. The highest BCUT2D eigenvalue weighted by Crippen LogP contribution is 2.45. The summed E-state index contributed by atoms with van der Waals surface area (Å²) >= 11 is 13.1. The number of hydrogen-bond donors (Lipinski definition) is 2. The number of carboxylic acids is 2. The van der Waals surface area contributed by atoms with Gasteiger partial charge in [-0.2, -0.15) is 0 Å². The summed E-state index contributed by atoms with van der Waals surface area (Å²) in [5.74, 6) is -3.37. The van der Waals surface area contributed by atoms with E-state index < -0.39 is 23.6 Å². The SMILES string of the molecule is O=C(O)c1c(N2CCCC2)c2c(Cl)c(F)ccc2n1-c1ccc(C2CCCN(c3c(C(=O)O)n(-c4ccccc4)c4ccc(F)c(Cl)c34)CC2)cc1. The van der Waals surface area contributed by atoms with Gasteiger partial charge in [-0.15, -0.1) is 0 Å². The van der Waals surface area contributed by atoms with Gasteiger partial charge in [-0.3, -0.25) is 0 Å². The first kappa shape index (κ1) is 34.0. The van der Waals surface area contributed by atoms with Gasteiger partial charge in [0.2, 0.25) is 0 Å². The maximum Gasteiger partial charge on any atom is 0.355 e. The van der Waals surface area contributed by atoms with Crippen LogP contribution in [-0.2, 0) is 0 Å². The van der Waals surface area contributed by atoms with Gasteiger partial charge in [0.25, 0.3) is 0 Å². The van der Waals surface area contributed by atoms with Crippen molar-refractivity contribution in [2.24, 2.45) is 0 Å². The van der Waals surface area contributed by atoms with E-state index in [-0.39, 0.29) is 27.4 Å². The van der Waals surface area contributed by atoms with Crippen molar-refractivity contribution in [2.75, 3.05) is 36.0 Å². The molecule has 12 heteroatoms. The molecule has 4 heterocycles. The molecule has 6 aromatic rings. The third-order valence-corrected chi connectivity index (χ3v) is 11.2. The lowest BCUT2D eigenvalue weighted by atomic mass is 9.92. The molecule has 2 N–H and O–H groups in total. The molecule has 52 heavy (non-hydrogen) atoms. The Bertz CT molecular complexity index is 2370. The van der Waals surface area contributed by atoms with Gasteiger partial charge in [0.1, 0.15) is 11.6 Å². The predicted octanol–water partition coefficient (Wildman–Crippen LogP) is 9.93. The van der Waals surface area contributed by atoms with E-state index in [4.69, 9.17) is 23.2 Å². The topological polar surface area (TPSA) is 90.9 Å². The van der Waals surface area contributed by atoms with Crippen LogP contribution in [0.1, 0.15) is 64.6 Å². The molecule has 0 amide bonds. The molecule has 1 unspecified atom stereocenters. The van der Waals surface area contributed by atoms with Crippen molar-refractivity contribution in [3.05, 3.63) is 117 Å². The predicted molar refractivity (Wildman–Crippen MR) is 201 cm³/mol. The minimum absolute atomic E-state index is 0.0259. The number of hydrogen-bond acceptors (Lipinski definition) is 4. The summed E-state index contributed by atoms with van der Waals surface area (Å²) in [5, 5.41) is 21.6. The average molecular weight is 744 g/mol.